The summed E-state index contributed by atoms with van der Waals surface area (Å²) in [5, 5.41) is -0.519. The number of fused-ring (bicyclic) bond motifs is 2. The highest BCUT2D eigenvalue weighted by Gasteiger charge is 2.52. The highest BCUT2D eigenvalue weighted by Crippen LogP contribution is 2.34. The zero-order valence-corrected chi connectivity index (χ0v) is 12.5. The van der Waals surface area contributed by atoms with Gasteiger partial charge in [-0.2, -0.15) is 0 Å². The van der Waals surface area contributed by atoms with Gasteiger partial charge in [-0.3, -0.25) is 4.79 Å². The molecule has 0 saturated carbocycles. The van der Waals surface area contributed by atoms with E-state index in [2.05, 4.69) is 0 Å². The summed E-state index contributed by atoms with van der Waals surface area (Å²) >= 11 is 5.31. The molecule has 2 aliphatic rings. The number of nitrogens with zero attached hydrogens (tertiary/aromatic N) is 2. The molecule has 7 heteroatoms. The molecule has 0 saturated heterocycles. The Labute approximate surface area is 126 Å². The van der Waals surface area contributed by atoms with Crippen molar-refractivity contribution in [3.8, 4) is 0 Å². The van der Waals surface area contributed by atoms with Gasteiger partial charge in [0.05, 0.1) is 0 Å². The monoisotopic (exact) mass is 310 g/mol. The molecular formula is C14H14BClF2N2O. The van der Waals surface area contributed by atoms with E-state index in [1.807, 2.05) is 6.92 Å². The molecule has 0 fully saturated rings. The first-order valence-corrected chi connectivity index (χ1v) is 7.14. The number of carbonyl (C=O) groups excluding carboxylic acids is 1. The van der Waals surface area contributed by atoms with E-state index in [9.17, 15) is 13.4 Å². The summed E-state index contributed by atoms with van der Waals surface area (Å²) < 4.78 is 32.0. The first kappa shape index (κ1) is 14.3. The van der Waals surface area contributed by atoms with Crippen molar-refractivity contribution in [2.24, 2.45) is 0 Å². The summed E-state index contributed by atoms with van der Waals surface area (Å²) in [7, 11) is 0. The third-order valence-corrected chi connectivity index (χ3v) is 4.18. The van der Waals surface area contributed by atoms with Gasteiger partial charge in [0.1, 0.15) is 5.71 Å². The molecule has 3 heterocycles. The van der Waals surface area contributed by atoms with E-state index in [1.54, 1.807) is 31.2 Å². The van der Waals surface area contributed by atoms with Crippen LogP contribution in [0.2, 0.25) is 0 Å². The molecule has 1 aromatic rings. The van der Waals surface area contributed by atoms with Crippen molar-refractivity contribution in [2.75, 3.05) is 0 Å². The molecular weight excluding hydrogens is 296 g/mol. The SMILES string of the molecule is Cc1cc(C)n2c1C=C1C=CC(CCC(=O)Cl)=[N+]1[B-]2(F)F. The van der Waals surface area contributed by atoms with E-state index in [0.29, 0.717) is 22.8 Å². The number of hydrogen-bond acceptors (Lipinski definition) is 1. The first-order valence-electron chi connectivity index (χ1n) is 6.76. The zero-order chi connectivity index (χ0) is 15.4. The van der Waals surface area contributed by atoms with Gasteiger partial charge < -0.3 is 17.6 Å². The molecule has 2 aliphatic heterocycles. The van der Waals surface area contributed by atoms with Crippen molar-refractivity contribution in [3.63, 3.8) is 0 Å². The van der Waals surface area contributed by atoms with Crippen LogP contribution in [0, 0.1) is 13.8 Å². The molecule has 0 radical (unpaired) electrons. The van der Waals surface area contributed by atoms with Crippen molar-refractivity contribution >= 4 is 35.6 Å². The second kappa shape index (κ2) is 4.66. The Morgan fingerprint density at radius 1 is 1.38 bits per heavy atom. The van der Waals surface area contributed by atoms with Crippen molar-refractivity contribution < 1.29 is 17.9 Å². The van der Waals surface area contributed by atoms with Crippen LogP contribution in [0.25, 0.3) is 6.08 Å². The fourth-order valence-electron chi connectivity index (χ4n) is 3.12. The molecule has 0 bridgehead atoms. The number of allylic oxidation sites excluding steroid dienone is 2. The Balaban J connectivity index is 2.14. The number of aryl methyl sites for hydroxylation is 2. The molecule has 21 heavy (non-hydrogen) atoms. The van der Waals surface area contributed by atoms with Gasteiger partial charge in [-0.15, -0.1) is 0 Å². The highest BCUT2D eigenvalue weighted by atomic mass is 35.5. The molecule has 1 aromatic heterocycles. The summed E-state index contributed by atoms with van der Waals surface area (Å²) in [4.78, 5) is 10.9. The van der Waals surface area contributed by atoms with Crippen molar-refractivity contribution in [2.45, 2.75) is 26.7 Å². The van der Waals surface area contributed by atoms with Gasteiger partial charge in [-0.05, 0) is 42.8 Å². The van der Waals surface area contributed by atoms with Crippen LogP contribution < -0.4 is 0 Å². The third-order valence-electron chi connectivity index (χ3n) is 3.99. The number of rotatable bonds is 3. The Hall–Kier alpha value is -1.69. The molecule has 0 N–H and O–H groups in total. The zero-order valence-electron chi connectivity index (χ0n) is 11.7. The van der Waals surface area contributed by atoms with Crippen LogP contribution in [0.4, 0.5) is 8.63 Å². The predicted molar refractivity (Wildman–Crippen MR) is 79.8 cm³/mol. The largest absolute Gasteiger partial charge is 0.737 e. The molecule has 0 aliphatic carbocycles. The molecule has 0 aromatic carbocycles. The smallest absolute Gasteiger partial charge is 0.394 e. The van der Waals surface area contributed by atoms with Gasteiger partial charge >= 0.3 is 6.97 Å². The average Bonchev–Trinajstić information content (AvgIpc) is 2.90. The van der Waals surface area contributed by atoms with Gasteiger partial charge in [0, 0.05) is 36.8 Å². The van der Waals surface area contributed by atoms with Crippen LogP contribution in [-0.4, -0.2) is 26.9 Å². The lowest BCUT2D eigenvalue weighted by atomic mass is 9.90. The summed E-state index contributed by atoms with van der Waals surface area (Å²) in [6.45, 7) is -0.443. The minimum Gasteiger partial charge on any atom is -0.394 e. The Kier molecular flexibility index (Phi) is 3.17. The molecule has 110 valence electrons. The minimum atomic E-state index is -3.95. The van der Waals surface area contributed by atoms with Crippen molar-refractivity contribution in [1.29, 1.82) is 0 Å². The highest BCUT2D eigenvalue weighted by molar-refractivity contribution is 6.63. The molecule has 0 unspecified atom stereocenters. The van der Waals surface area contributed by atoms with Gasteiger partial charge in [0.2, 0.25) is 5.24 Å². The molecule has 3 rings (SSSR count). The van der Waals surface area contributed by atoms with Gasteiger partial charge in [-0.1, -0.05) is 0 Å². The maximum atomic E-state index is 14.9. The third kappa shape index (κ3) is 2.09. The Bertz CT molecular complexity index is 746. The fraction of sp³-hybridized carbons (Fsp3) is 0.286. The summed E-state index contributed by atoms with van der Waals surface area (Å²) in [5.41, 5.74) is 2.80. The average molecular weight is 311 g/mol. The maximum Gasteiger partial charge on any atom is 0.737 e. The van der Waals surface area contributed by atoms with E-state index in [1.165, 1.54) is 0 Å². The Morgan fingerprint density at radius 2 is 2.10 bits per heavy atom. The second-order valence-electron chi connectivity index (χ2n) is 5.43. The topological polar surface area (TPSA) is 25.0 Å². The number of carbonyl (C=O) groups is 1. The summed E-state index contributed by atoms with van der Waals surface area (Å²) in [6, 6.07) is 1.76. The van der Waals surface area contributed by atoms with Crippen LogP contribution in [0.3, 0.4) is 0 Å². The van der Waals surface area contributed by atoms with Crippen LogP contribution in [-0.2, 0) is 4.79 Å². The lowest BCUT2D eigenvalue weighted by Gasteiger charge is -2.30. The Morgan fingerprint density at radius 3 is 2.76 bits per heavy atom. The van der Waals surface area contributed by atoms with E-state index in [0.717, 1.165) is 14.5 Å². The van der Waals surface area contributed by atoms with Crippen molar-refractivity contribution in [3.05, 3.63) is 40.9 Å². The number of hydrogen-bond donors (Lipinski definition) is 0. The van der Waals surface area contributed by atoms with E-state index < -0.39 is 12.2 Å². The van der Waals surface area contributed by atoms with Crippen LogP contribution in [0.15, 0.2) is 23.9 Å². The van der Waals surface area contributed by atoms with E-state index in [-0.39, 0.29) is 12.8 Å². The fourth-order valence-corrected chi connectivity index (χ4v) is 3.22. The molecule has 3 nitrogen and oxygen atoms in total. The van der Waals surface area contributed by atoms with Gasteiger partial charge in [0.25, 0.3) is 0 Å². The van der Waals surface area contributed by atoms with Crippen molar-refractivity contribution in [1.82, 2.24) is 4.48 Å². The molecule has 0 amide bonds. The van der Waals surface area contributed by atoms with Crippen LogP contribution in [0.5, 0.6) is 0 Å². The number of aromatic nitrogens is 1. The maximum absolute atomic E-state index is 14.9. The lowest BCUT2D eigenvalue weighted by Crippen LogP contribution is -2.50. The molecule has 0 spiro atoms. The standard InChI is InChI=1S/C14H14BClF2N2O/c1-9-7-10(2)19-13(9)8-12-4-3-11(5-6-14(16)21)20(12)15(19,17)18/h3-4,7-8H,5-6H2,1-2H3. The quantitative estimate of drug-likeness (QED) is 0.621. The lowest BCUT2D eigenvalue weighted by molar-refractivity contribution is -0.362. The second-order valence-corrected chi connectivity index (χ2v) is 5.85. The summed E-state index contributed by atoms with van der Waals surface area (Å²) in [6.07, 6.45) is 5.32. The van der Waals surface area contributed by atoms with E-state index >= 15 is 0 Å². The number of halogens is 3. The first-order chi connectivity index (χ1) is 9.82. The normalized spacial score (nSPS) is 18.6. The van der Waals surface area contributed by atoms with Crippen LogP contribution in [0.1, 0.15) is 29.8 Å². The minimum absolute atomic E-state index is 0.0493. The van der Waals surface area contributed by atoms with Crippen LogP contribution >= 0.6 is 11.6 Å². The molecule has 0 atom stereocenters. The predicted octanol–water partition coefficient (Wildman–Crippen LogP) is 3.25. The van der Waals surface area contributed by atoms with E-state index in [4.69, 9.17) is 11.6 Å². The van der Waals surface area contributed by atoms with Gasteiger partial charge in [0.15, 0.2) is 5.70 Å². The summed E-state index contributed by atoms with van der Waals surface area (Å²) in [5.74, 6) is 0. The van der Waals surface area contributed by atoms with Gasteiger partial charge in [-0.25, -0.2) is 0 Å².